The minimum Gasteiger partial charge on any atom is -0.392 e. The van der Waals surface area contributed by atoms with Gasteiger partial charge in [-0.25, -0.2) is 4.98 Å². The van der Waals surface area contributed by atoms with E-state index in [2.05, 4.69) is 10.3 Å². The molecule has 1 aromatic carbocycles. The molecule has 0 saturated heterocycles. The quantitative estimate of drug-likeness (QED) is 0.514. The molecule has 5 atom stereocenters. The summed E-state index contributed by atoms with van der Waals surface area (Å²) in [5.41, 5.74) is 0.517. The summed E-state index contributed by atoms with van der Waals surface area (Å²) in [5.74, 6) is -1.64. The number of hydrogen-bond acceptors (Lipinski definition) is 7. The van der Waals surface area contributed by atoms with Crippen LogP contribution in [0.5, 0.6) is 0 Å². The van der Waals surface area contributed by atoms with Gasteiger partial charge in [0.15, 0.2) is 0 Å². The summed E-state index contributed by atoms with van der Waals surface area (Å²) in [6.07, 6.45) is 0.247. The van der Waals surface area contributed by atoms with Gasteiger partial charge in [0, 0.05) is 16.9 Å². The molecule has 0 unspecified atom stereocenters. The lowest BCUT2D eigenvalue weighted by Gasteiger charge is -2.35. The number of aliphatic hydroxyl groups excluding tert-OH is 2. The summed E-state index contributed by atoms with van der Waals surface area (Å²) in [5, 5.41) is 26.3. The molecule has 7 nitrogen and oxygen atoms in total. The van der Waals surface area contributed by atoms with Crippen LogP contribution in [0.3, 0.4) is 0 Å². The van der Waals surface area contributed by atoms with Crippen molar-refractivity contribution in [1.82, 2.24) is 10.3 Å². The molecule has 2 heterocycles. The first-order valence-electron chi connectivity index (χ1n) is 12.4. The number of Topliss-reactive ketones (excluding diaryl/α,β-unsaturated/α-hetero) is 1. The Labute approximate surface area is 221 Å². The second kappa shape index (κ2) is 12.1. The molecule has 9 heteroatoms. The fourth-order valence-corrected chi connectivity index (χ4v) is 5.58. The smallest absolute Gasteiger partial charge is 0.223 e. The van der Waals surface area contributed by atoms with Crippen molar-refractivity contribution in [3.05, 3.63) is 39.9 Å². The van der Waals surface area contributed by atoms with Gasteiger partial charge in [0.05, 0.1) is 58.5 Å². The number of fused-ring (bicyclic) bond motifs is 1. The van der Waals surface area contributed by atoms with Crippen molar-refractivity contribution in [2.24, 2.45) is 17.3 Å². The molecule has 1 aromatic heterocycles. The molecule has 0 bridgehead atoms. The number of halogens is 1. The van der Waals surface area contributed by atoms with E-state index in [1.54, 1.807) is 25.2 Å². The van der Waals surface area contributed by atoms with E-state index in [9.17, 15) is 19.8 Å². The first-order valence-corrected chi connectivity index (χ1v) is 13.6. The van der Waals surface area contributed by atoms with Crippen molar-refractivity contribution < 1.29 is 24.5 Å². The summed E-state index contributed by atoms with van der Waals surface area (Å²) in [7, 11) is 0. The van der Waals surface area contributed by atoms with Crippen LogP contribution in [0.2, 0.25) is 0 Å². The number of amides is 1. The van der Waals surface area contributed by atoms with E-state index in [0.29, 0.717) is 17.9 Å². The number of thiazole rings is 1. The van der Waals surface area contributed by atoms with Gasteiger partial charge >= 0.3 is 0 Å². The average Bonchev–Trinajstić information content (AvgIpc) is 3.20. The van der Waals surface area contributed by atoms with Crippen LogP contribution < -0.4 is 5.32 Å². The Bertz CT molecular complexity index is 1110. The molecule has 1 aliphatic heterocycles. The lowest BCUT2D eigenvalue weighted by atomic mass is 9.72. The zero-order valence-electron chi connectivity index (χ0n) is 21.6. The van der Waals surface area contributed by atoms with E-state index in [-0.39, 0.29) is 37.2 Å². The molecule has 3 rings (SSSR count). The average molecular weight is 537 g/mol. The van der Waals surface area contributed by atoms with E-state index in [1.807, 2.05) is 45.0 Å². The third-order valence-corrected chi connectivity index (χ3v) is 8.29. The molecule has 0 spiro atoms. The molecule has 2 aromatic rings. The van der Waals surface area contributed by atoms with Crippen LogP contribution in [0.4, 0.5) is 0 Å². The Kier molecular flexibility index (Phi) is 9.68. The molecule has 198 valence electrons. The van der Waals surface area contributed by atoms with Crippen LogP contribution in [0.1, 0.15) is 63.6 Å². The number of benzene rings is 1. The molecule has 36 heavy (non-hydrogen) atoms. The van der Waals surface area contributed by atoms with Gasteiger partial charge in [-0.2, -0.15) is 0 Å². The third-order valence-electron chi connectivity index (χ3n) is 7.07. The van der Waals surface area contributed by atoms with Crippen molar-refractivity contribution in [3.63, 3.8) is 0 Å². The van der Waals surface area contributed by atoms with Crippen molar-refractivity contribution in [1.29, 1.82) is 0 Å². The fourth-order valence-electron chi connectivity index (χ4n) is 4.60. The number of rotatable bonds is 2. The zero-order chi connectivity index (χ0) is 26.6. The summed E-state index contributed by atoms with van der Waals surface area (Å²) >= 11 is 8.02. The van der Waals surface area contributed by atoms with Gasteiger partial charge in [-0.3, -0.25) is 9.59 Å². The normalized spacial score (nSPS) is 30.6. The summed E-state index contributed by atoms with van der Waals surface area (Å²) < 4.78 is 6.80. The first-order chi connectivity index (χ1) is 16.9. The number of ketones is 1. The van der Waals surface area contributed by atoms with Gasteiger partial charge in [0.25, 0.3) is 0 Å². The van der Waals surface area contributed by atoms with E-state index in [1.165, 1.54) is 0 Å². The molecular formula is C27H37ClN2O5S. The highest BCUT2D eigenvalue weighted by Gasteiger charge is 2.43. The van der Waals surface area contributed by atoms with Gasteiger partial charge in [-0.1, -0.05) is 51.4 Å². The number of ether oxygens (including phenoxy) is 1. The highest BCUT2D eigenvalue weighted by atomic mass is 35.5. The second-order valence-electron chi connectivity index (χ2n) is 10.3. The SMILES string of the molecule is CC[C@H]1C(=O)C(C)(C)[C@@H](O)CC(=O)N[C@H](c2ccc3sc(C)nc3c2)C/C=C(/Cl)COC[C@H](C)[C@@H]1O. The van der Waals surface area contributed by atoms with Crippen molar-refractivity contribution in [2.45, 2.75) is 72.1 Å². The lowest BCUT2D eigenvalue weighted by molar-refractivity contribution is -0.144. The highest BCUT2D eigenvalue weighted by Crippen LogP contribution is 2.33. The number of hydrogen-bond donors (Lipinski definition) is 3. The van der Waals surface area contributed by atoms with Gasteiger partial charge in [0.2, 0.25) is 5.91 Å². The molecule has 0 saturated carbocycles. The maximum atomic E-state index is 13.4. The zero-order valence-corrected chi connectivity index (χ0v) is 23.2. The van der Waals surface area contributed by atoms with Gasteiger partial charge in [0.1, 0.15) is 5.78 Å². The molecular weight excluding hydrogens is 500 g/mol. The van der Waals surface area contributed by atoms with Crippen LogP contribution >= 0.6 is 22.9 Å². The molecule has 3 N–H and O–H groups in total. The molecule has 0 fully saturated rings. The number of nitrogens with zero attached hydrogens (tertiary/aromatic N) is 1. The Morgan fingerprint density at radius 3 is 2.69 bits per heavy atom. The first kappa shape index (κ1) is 28.7. The van der Waals surface area contributed by atoms with Crippen LogP contribution in [-0.4, -0.2) is 52.3 Å². The predicted molar refractivity (Wildman–Crippen MR) is 143 cm³/mol. The number of aliphatic hydroxyl groups is 2. The van der Waals surface area contributed by atoms with Crippen LogP contribution in [0.15, 0.2) is 29.3 Å². The predicted octanol–water partition coefficient (Wildman–Crippen LogP) is 4.67. The van der Waals surface area contributed by atoms with Crippen LogP contribution in [0, 0.1) is 24.2 Å². The number of carbonyl (C=O) groups excluding carboxylic acids is 2. The highest BCUT2D eigenvalue weighted by molar-refractivity contribution is 7.18. The van der Waals surface area contributed by atoms with Crippen molar-refractivity contribution in [2.75, 3.05) is 13.2 Å². The molecule has 1 amide bonds. The minimum atomic E-state index is -1.22. The Hall–Kier alpha value is -1.84. The maximum Gasteiger partial charge on any atom is 0.223 e. The van der Waals surface area contributed by atoms with Gasteiger partial charge in [-0.15, -0.1) is 11.3 Å². The van der Waals surface area contributed by atoms with E-state index in [4.69, 9.17) is 16.3 Å². The lowest BCUT2D eigenvalue weighted by Crippen LogP contribution is -2.47. The Balaban J connectivity index is 1.92. The van der Waals surface area contributed by atoms with Gasteiger partial charge < -0.3 is 20.3 Å². The largest absolute Gasteiger partial charge is 0.392 e. The summed E-state index contributed by atoms with van der Waals surface area (Å²) in [4.78, 5) is 31.0. The van der Waals surface area contributed by atoms with Crippen LogP contribution in [0.25, 0.3) is 10.2 Å². The third kappa shape index (κ3) is 6.72. The van der Waals surface area contributed by atoms with Crippen LogP contribution in [-0.2, 0) is 14.3 Å². The summed E-state index contributed by atoms with van der Waals surface area (Å²) in [6.45, 7) is 9.27. The Morgan fingerprint density at radius 2 is 2.00 bits per heavy atom. The minimum absolute atomic E-state index is 0.165. The van der Waals surface area contributed by atoms with Gasteiger partial charge in [-0.05, 0) is 37.5 Å². The molecule has 0 radical (unpaired) electrons. The van der Waals surface area contributed by atoms with E-state index < -0.39 is 29.6 Å². The summed E-state index contributed by atoms with van der Waals surface area (Å²) in [6, 6.07) is 5.50. The van der Waals surface area contributed by atoms with Crippen molar-refractivity contribution in [3.8, 4) is 0 Å². The van der Waals surface area contributed by atoms with E-state index >= 15 is 0 Å². The number of carbonyl (C=O) groups is 2. The topological polar surface area (TPSA) is 109 Å². The standard InChI is InChI=1S/C27H37ClN2O5S/c1-6-19-25(33)15(2)13-35-14-18(28)8-9-20(17-7-10-22-21(11-17)29-16(3)36-22)30-24(32)12-23(31)27(4,5)26(19)34/h7-8,10-11,15,19-20,23,25,31,33H,6,9,12-14H2,1-5H3,(H,30,32)/b18-8+/t15-,19+,20-,23-,25-/m0/s1. The Morgan fingerprint density at radius 1 is 1.28 bits per heavy atom. The van der Waals surface area contributed by atoms with Crippen molar-refractivity contribution >= 4 is 44.8 Å². The number of nitrogens with one attached hydrogen (secondary N) is 1. The molecule has 1 aliphatic rings. The molecule has 0 aliphatic carbocycles. The fraction of sp³-hybridized carbons (Fsp3) is 0.593. The maximum absolute atomic E-state index is 13.4. The second-order valence-corrected chi connectivity index (χ2v) is 12.0. The number of aromatic nitrogens is 1. The monoisotopic (exact) mass is 536 g/mol. The van der Waals surface area contributed by atoms with E-state index in [0.717, 1.165) is 20.8 Å². The number of aryl methyl sites for hydroxylation is 1.